The maximum absolute atomic E-state index is 12.8. The molecule has 20 heavy (non-hydrogen) atoms. The Kier molecular flexibility index (Phi) is 3.98. The molecule has 1 amide bonds. The van der Waals surface area contributed by atoms with Gasteiger partial charge in [-0.25, -0.2) is 0 Å². The zero-order valence-corrected chi connectivity index (χ0v) is 12.9. The Morgan fingerprint density at radius 2 is 2.15 bits per heavy atom. The first-order valence-electron chi connectivity index (χ1n) is 7.01. The van der Waals surface area contributed by atoms with Gasteiger partial charge in [0.2, 0.25) is 5.91 Å². The summed E-state index contributed by atoms with van der Waals surface area (Å²) in [6, 6.07) is 8.21. The molecule has 1 aromatic rings. The van der Waals surface area contributed by atoms with Crippen LogP contribution in [-0.2, 0) is 11.2 Å². The van der Waals surface area contributed by atoms with Crippen LogP contribution in [0.2, 0.25) is 0 Å². The Morgan fingerprint density at radius 1 is 1.35 bits per heavy atom. The van der Waals surface area contributed by atoms with E-state index >= 15 is 0 Å². The van der Waals surface area contributed by atoms with Gasteiger partial charge in [0.1, 0.15) is 0 Å². The van der Waals surface area contributed by atoms with Gasteiger partial charge in [-0.2, -0.15) is 0 Å². The summed E-state index contributed by atoms with van der Waals surface area (Å²) in [5.41, 5.74) is 7.09. The smallest absolute Gasteiger partial charge is 0.236 e. The minimum Gasteiger partial charge on any atom is -0.392 e. The monoisotopic (exact) mass is 306 g/mol. The first-order chi connectivity index (χ1) is 9.66. The predicted octanol–water partition coefficient (Wildman–Crippen LogP) is 2.37. The third-order valence-corrected chi connectivity index (χ3v) is 5.61. The van der Waals surface area contributed by atoms with Crippen LogP contribution in [0.25, 0.3) is 0 Å². The van der Waals surface area contributed by atoms with Crippen molar-refractivity contribution in [2.24, 2.45) is 5.73 Å². The number of benzene rings is 1. The van der Waals surface area contributed by atoms with Gasteiger partial charge in [0.15, 0.2) is 0 Å². The molecular weight excluding hydrogens is 288 g/mol. The SMILES string of the molecule is NC(=S)C1CCCCN1C(=O)C1Cc2ccccc2S1. The van der Waals surface area contributed by atoms with Gasteiger partial charge >= 0.3 is 0 Å². The molecule has 0 aliphatic carbocycles. The number of amides is 1. The van der Waals surface area contributed by atoms with Crippen molar-refractivity contribution in [3.05, 3.63) is 29.8 Å². The number of nitrogens with two attached hydrogens (primary N) is 1. The maximum atomic E-state index is 12.8. The highest BCUT2D eigenvalue weighted by molar-refractivity contribution is 8.01. The second-order valence-corrected chi connectivity index (χ2v) is 7.08. The van der Waals surface area contributed by atoms with Crippen LogP contribution in [0.4, 0.5) is 0 Å². The molecule has 2 unspecified atom stereocenters. The number of nitrogens with zero attached hydrogens (tertiary/aromatic N) is 1. The van der Waals surface area contributed by atoms with Crippen LogP contribution < -0.4 is 5.73 Å². The number of carbonyl (C=O) groups excluding carboxylic acids is 1. The Hall–Kier alpha value is -1.07. The van der Waals surface area contributed by atoms with Crippen LogP contribution in [0.1, 0.15) is 24.8 Å². The van der Waals surface area contributed by atoms with Gasteiger partial charge in [0, 0.05) is 11.4 Å². The highest BCUT2D eigenvalue weighted by atomic mass is 32.2. The lowest BCUT2D eigenvalue weighted by molar-refractivity contribution is -0.132. The lowest BCUT2D eigenvalue weighted by atomic mass is 10.0. The highest BCUT2D eigenvalue weighted by Gasteiger charge is 2.36. The van der Waals surface area contributed by atoms with Crippen molar-refractivity contribution < 1.29 is 4.79 Å². The van der Waals surface area contributed by atoms with E-state index in [1.165, 1.54) is 10.5 Å². The van der Waals surface area contributed by atoms with Crippen LogP contribution in [0, 0.1) is 0 Å². The number of carbonyl (C=O) groups is 1. The lowest BCUT2D eigenvalue weighted by Crippen LogP contribution is -2.52. The zero-order valence-electron chi connectivity index (χ0n) is 11.2. The van der Waals surface area contributed by atoms with Crippen molar-refractivity contribution in [1.29, 1.82) is 0 Å². The van der Waals surface area contributed by atoms with E-state index < -0.39 is 0 Å². The highest BCUT2D eigenvalue weighted by Crippen LogP contribution is 2.38. The summed E-state index contributed by atoms with van der Waals surface area (Å²) in [4.78, 5) is 16.4. The molecule has 2 aliphatic heterocycles. The van der Waals surface area contributed by atoms with Crippen molar-refractivity contribution in [1.82, 2.24) is 4.90 Å². The third kappa shape index (κ3) is 2.56. The average Bonchev–Trinajstić information content (AvgIpc) is 2.90. The molecule has 2 atom stereocenters. The summed E-state index contributed by atoms with van der Waals surface area (Å²) in [6.45, 7) is 0.786. The second kappa shape index (κ2) is 5.74. The second-order valence-electron chi connectivity index (χ2n) is 5.36. The molecule has 2 heterocycles. The number of rotatable bonds is 2. The number of thiocarbonyl (C=S) groups is 1. The molecule has 3 rings (SSSR count). The third-order valence-electron chi connectivity index (χ3n) is 4.04. The number of hydrogen-bond donors (Lipinski definition) is 1. The van der Waals surface area contributed by atoms with Crippen molar-refractivity contribution in [3.8, 4) is 0 Å². The van der Waals surface area contributed by atoms with Gasteiger partial charge in [-0.1, -0.05) is 30.4 Å². The summed E-state index contributed by atoms with van der Waals surface area (Å²) in [6.07, 6.45) is 3.88. The van der Waals surface area contributed by atoms with Crippen molar-refractivity contribution >= 4 is 34.9 Å². The molecule has 1 fully saturated rings. The largest absolute Gasteiger partial charge is 0.392 e. The van der Waals surface area contributed by atoms with E-state index in [4.69, 9.17) is 18.0 Å². The van der Waals surface area contributed by atoms with E-state index in [0.717, 1.165) is 32.2 Å². The van der Waals surface area contributed by atoms with E-state index in [0.29, 0.717) is 4.99 Å². The molecule has 0 saturated carbocycles. The van der Waals surface area contributed by atoms with Crippen molar-refractivity contribution in [2.45, 2.75) is 41.9 Å². The molecule has 2 N–H and O–H groups in total. The van der Waals surface area contributed by atoms with E-state index in [-0.39, 0.29) is 17.2 Å². The number of piperidine rings is 1. The van der Waals surface area contributed by atoms with Gasteiger partial charge in [0.25, 0.3) is 0 Å². The molecule has 0 spiro atoms. The molecule has 3 nitrogen and oxygen atoms in total. The van der Waals surface area contributed by atoms with Gasteiger partial charge < -0.3 is 10.6 Å². The standard InChI is InChI=1S/C15H18N2OS2/c16-14(19)11-6-3-4-8-17(11)15(18)13-9-10-5-1-2-7-12(10)20-13/h1-2,5,7,11,13H,3-4,6,8-9H2,(H2,16,19). The molecule has 106 valence electrons. The van der Waals surface area contributed by atoms with E-state index in [2.05, 4.69) is 12.1 Å². The molecule has 1 saturated heterocycles. The molecule has 2 aliphatic rings. The lowest BCUT2D eigenvalue weighted by Gasteiger charge is -2.36. The van der Waals surface area contributed by atoms with Crippen LogP contribution in [0.5, 0.6) is 0 Å². The minimum absolute atomic E-state index is 0.0117. The van der Waals surface area contributed by atoms with Crippen molar-refractivity contribution in [2.75, 3.05) is 6.54 Å². The molecule has 1 aromatic carbocycles. The maximum Gasteiger partial charge on any atom is 0.236 e. The van der Waals surface area contributed by atoms with Gasteiger partial charge in [-0.3, -0.25) is 4.79 Å². The fourth-order valence-electron chi connectivity index (χ4n) is 3.00. The Morgan fingerprint density at radius 3 is 2.90 bits per heavy atom. The van der Waals surface area contributed by atoms with Crippen molar-refractivity contribution in [3.63, 3.8) is 0 Å². The van der Waals surface area contributed by atoms with Gasteiger partial charge in [0.05, 0.1) is 16.3 Å². The summed E-state index contributed by atoms with van der Waals surface area (Å²) in [7, 11) is 0. The summed E-state index contributed by atoms with van der Waals surface area (Å²) < 4.78 is 0. The normalized spacial score (nSPS) is 25.3. The van der Waals surface area contributed by atoms with E-state index in [1.54, 1.807) is 11.8 Å². The van der Waals surface area contributed by atoms with E-state index in [9.17, 15) is 4.79 Å². The molecule has 0 radical (unpaired) electrons. The number of hydrogen-bond acceptors (Lipinski definition) is 3. The Bertz CT molecular complexity index is 521. The molecule has 0 bridgehead atoms. The first-order valence-corrected chi connectivity index (χ1v) is 8.30. The minimum atomic E-state index is -0.0458. The topological polar surface area (TPSA) is 46.3 Å². The van der Waals surface area contributed by atoms with Crippen LogP contribution in [0.3, 0.4) is 0 Å². The van der Waals surface area contributed by atoms with Crippen LogP contribution in [0.15, 0.2) is 29.2 Å². The molecular formula is C15H18N2OS2. The number of likely N-dealkylation sites (tertiary alicyclic amines) is 1. The predicted molar refractivity (Wildman–Crippen MR) is 85.9 cm³/mol. The van der Waals surface area contributed by atoms with Crippen LogP contribution in [-0.4, -0.2) is 33.6 Å². The first kappa shape index (κ1) is 13.9. The summed E-state index contributed by atoms with van der Waals surface area (Å²) >= 11 is 6.81. The fraction of sp³-hybridized carbons (Fsp3) is 0.467. The quantitative estimate of drug-likeness (QED) is 0.852. The van der Waals surface area contributed by atoms with Gasteiger partial charge in [-0.05, 0) is 37.3 Å². The number of thioether (sulfide) groups is 1. The Labute approximate surface area is 128 Å². The number of fused-ring (bicyclic) bond motifs is 1. The molecule has 0 aromatic heterocycles. The van der Waals surface area contributed by atoms with E-state index in [1.807, 2.05) is 17.0 Å². The fourth-order valence-corrected chi connectivity index (χ4v) is 4.51. The van der Waals surface area contributed by atoms with Gasteiger partial charge in [-0.15, -0.1) is 11.8 Å². The zero-order chi connectivity index (χ0) is 14.1. The Balaban J connectivity index is 1.75. The molecule has 5 heteroatoms. The summed E-state index contributed by atoms with van der Waals surface area (Å²) in [5, 5.41) is -0.0117. The average molecular weight is 306 g/mol. The summed E-state index contributed by atoms with van der Waals surface area (Å²) in [5.74, 6) is 0.198. The van der Waals surface area contributed by atoms with Crippen LogP contribution >= 0.6 is 24.0 Å².